The molecule has 3 heterocycles. The van der Waals surface area contributed by atoms with Crippen LogP contribution in [0.5, 0.6) is 5.88 Å². The van der Waals surface area contributed by atoms with Gasteiger partial charge in [-0.15, -0.1) is 4.80 Å². The highest BCUT2D eigenvalue weighted by atomic mass is 19.1. The summed E-state index contributed by atoms with van der Waals surface area (Å²) in [7, 11) is 1.47. The number of amides is 1. The molecule has 1 fully saturated rings. The van der Waals surface area contributed by atoms with E-state index in [9.17, 15) is 9.18 Å². The Morgan fingerprint density at radius 1 is 1.28 bits per heavy atom. The number of hydrogen-bond donors (Lipinski definition) is 4. The largest absolute Gasteiger partial charge is 0.479 e. The average Bonchev–Trinajstić information content (AvgIpc) is 3.48. The van der Waals surface area contributed by atoms with E-state index >= 15 is 0 Å². The zero-order valence-corrected chi connectivity index (χ0v) is 17.6. The van der Waals surface area contributed by atoms with Crippen LogP contribution in [-0.4, -0.2) is 50.1 Å². The zero-order valence-electron chi connectivity index (χ0n) is 17.6. The number of nitrogens with two attached hydrogens (primary N) is 2. The molecule has 1 amide bonds. The maximum Gasteiger partial charge on any atom is 0.252 e. The molecule has 0 aliphatic heterocycles. The minimum atomic E-state index is -0.830. The fraction of sp³-hybridized carbons (Fsp3) is 0.350. The first kappa shape index (κ1) is 21.4. The maximum absolute atomic E-state index is 14.7. The van der Waals surface area contributed by atoms with E-state index in [1.807, 2.05) is 6.92 Å². The molecule has 6 N–H and O–H groups in total. The SMILES string of the molecule is COc1ncc(Nc2nc(N[C@H](C)[C@@H](N)C3CC3)c(F)cc2C(N)=O)cc1-n1nccn1. The quantitative estimate of drug-likeness (QED) is 0.387. The van der Waals surface area contributed by atoms with Crippen molar-refractivity contribution in [1.29, 1.82) is 0 Å². The fourth-order valence-corrected chi connectivity index (χ4v) is 3.36. The van der Waals surface area contributed by atoms with Gasteiger partial charge in [-0.3, -0.25) is 4.79 Å². The lowest BCUT2D eigenvalue weighted by atomic mass is 10.1. The molecule has 0 saturated heterocycles. The average molecular weight is 441 g/mol. The Labute approximate surface area is 183 Å². The van der Waals surface area contributed by atoms with Gasteiger partial charge < -0.3 is 26.8 Å². The lowest BCUT2D eigenvalue weighted by molar-refractivity contribution is 0.100. The number of carbonyl (C=O) groups is 1. The predicted molar refractivity (Wildman–Crippen MR) is 115 cm³/mol. The Kier molecular flexibility index (Phi) is 5.86. The number of nitrogens with zero attached hydrogens (tertiary/aromatic N) is 5. The molecule has 0 bridgehead atoms. The molecular formula is C20H24FN9O2. The molecule has 2 atom stereocenters. The van der Waals surface area contributed by atoms with Crippen LogP contribution in [0.3, 0.4) is 0 Å². The van der Waals surface area contributed by atoms with Gasteiger partial charge in [0.2, 0.25) is 5.88 Å². The summed E-state index contributed by atoms with van der Waals surface area (Å²) in [6.07, 6.45) is 6.62. The maximum atomic E-state index is 14.7. The van der Waals surface area contributed by atoms with Gasteiger partial charge in [-0.05, 0) is 37.8 Å². The second-order valence-electron chi connectivity index (χ2n) is 7.62. The number of pyridine rings is 2. The van der Waals surface area contributed by atoms with Crippen molar-refractivity contribution in [2.45, 2.75) is 31.8 Å². The standard InChI is InChI=1S/C20H24FN9O2/c1-10(16(22)11-3-4-11)27-19-14(21)8-13(17(23)31)18(29-19)28-12-7-15(20(32-2)24-9-12)30-25-5-6-26-30/h5-11,16H,3-4,22H2,1-2H3,(H2,23,31)(H2,27,28,29)/t10-,16-/m1/s1. The summed E-state index contributed by atoms with van der Waals surface area (Å²) in [5, 5.41) is 14.1. The van der Waals surface area contributed by atoms with Gasteiger partial charge in [-0.25, -0.2) is 14.4 Å². The number of methoxy groups -OCH3 is 1. The molecule has 32 heavy (non-hydrogen) atoms. The van der Waals surface area contributed by atoms with Gasteiger partial charge >= 0.3 is 0 Å². The Bertz CT molecular complexity index is 1120. The summed E-state index contributed by atoms with van der Waals surface area (Å²) in [4.78, 5) is 21.8. The molecular weight excluding hydrogens is 417 g/mol. The van der Waals surface area contributed by atoms with Crippen molar-refractivity contribution in [3.8, 4) is 11.6 Å². The number of aromatic nitrogens is 5. The summed E-state index contributed by atoms with van der Waals surface area (Å²) >= 11 is 0. The molecule has 1 saturated carbocycles. The molecule has 1 aliphatic rings. The van der Waals surface area contributed by atoms with Crippen LogP contribution in [0.25, 0.3) is 5.69 Å². The normalized spacial score (nSPS) is 15.1. The van der Waals surface area contributed by atoms with Crippen LogP contribution in [-0.2, 0) is 0 Å². The summed E-state index contributed by atoms with van der Waals surface area (Å²) in [6.45, 7) is 1.87. The molecule has 4 rings (SSSR count). The van der Waals surface area contributed by atoms with Crippen molar-refractivity contribution in [2.75, 3.05) is 17.7 Å². The van der Waals surface area contributed by atoms with Crippen molar-refractivity contribution in [3.05, 3.63) is 42.1 Å². The van der Waals surface area contributed by atoms with Crippen LogP contribution >= 0.6 is 0 Å². The van der Waals surface area contributed by atoms with E-state index < -0.39 is 11.7 Å². The molecule has 0 radical (unpaired) electrons. The van der Waals surface area contributed by atoms with E-state index in [-0.39, 0.29) is 29.3 Å². The fourth-order valence-electron chi connectivity index (χ4n) is 3.36. The molecule has 0 aromatic carbocycles. The van der Waals surface area contributed by atoms with E-state index in [0.717, 1.165) is 18.9 Å². The third-order valence-electron chi connectivity index (χ3n) is 5.27. The molecule has 12 heteroatoms. The first-order valence-corrected chi connectivity index (χ1v) is 10.1. The number of nitrogens with one attached hydrogen (secondary N) is 2. The second kappa shape index (κ2) is 8.75. The van der Waals surface area contributed by atoms with E-state index in [2.05, 4.69) is 30.8 Å². The molecule has 3 aromatic rings. The smallest absolute Gasteiger partial charge is 0.252 e. The Balaban J connectivity index is 1.66. The Morgan fingerprint density at radius 3 is 2.62 bits per heavy atom. The van der Waals surface area contributed by atoms with E-state index in [1.165, 1.54) is 30.5 Å². The minimum Gasteiger partial charge on any atom is -0.479 e. The third kappa shape index (κ3) is 4.44. The zero-order chi connectivity index (χ0) is 22.8. The lowest BCUT2D eigenvalue weighted by Gasteiger charge is -2.22. The van der Waals surface area contributed by atoms with Gasteiger partial charge in [-0.1, -0.05) is 0 Å². The summed E-state index contributed by atoms with van der Waals surface area (Å²) in [5.74, 6) is -0.782. The van der Waals surface area contributed by atoms with Crippen LogP contribution in [0.4, 0.5) is 21.7 Å². The highest BCUT2D eigenvalue weighted by molar-refractivity contribution is 5.98. The summed E-state index contributed by atoms with van der Waals surface area (Å²) < 4.78 is 19.9. The van der Waals surface area contributed by atoms with Gasteiger partial charge in [-0.2, -0.15) is 10.2 Å². The monoisotopic (exact) mass is 441 g/mol. The second-order valence-corrected chi connectivity index (χ2v) is 7.62. The molecule has 0 unspecified atom stereocenters. The first-order valence-electron chi connectivity index (χ1n) is 10.1. The number of halogens is 1. The van der Waals surface area contributed by atoms with Gasteiger partial charge in [0, 0.05) is 12.1 Å². The van der Waals surface area contributed by atoms with Gasteiger partial charge in [0.15, 0.2) is 11.6 Å². The van der Waals surface area contributed by atoms with Crippen molar-refractivity contribution in [2.24, 2.45) is 17.4 Å². The number of rotatable bonds is 9. The predicted octanol–water partition coefficient (Wildman–Crippen LogP) is 1.59. The molecule has 1 aliphatic carbocycles. The number of anilines is 3. The van der Waals surface area contributed by atoms with Crippen molar-refractivity contribution in [1.82, 2.24) is 25.0 Å². The number of primary amides is 1. The minimum absolute atomic E-state index is 0.0310. The van der Waals surface area contributed by atoms with E-state index in [0.29, 0.717) is 23.2 Å². The summed E-state index contributed by atoms with van der Waals surface area (Å²) in [5.41, 5.74) is 12.4. The van der Waals surface area contributed by atoms with Gasteiger partial charge in [0.05, 0.1) is 37.0 Å². The molecule has 168 valence electrons. The van der Waals surface area contributed by atoms with E-state index in [1.54, 1.807) is 6.07 Å². The van der Waals surface area contributed by atoms with Gasteiger partial charge in [0.1, 0.15) is 11.5 Å². The molecule has 3 aromatic heterocycles. The van der Waals surface area contributed by atoms with Crippen LogP contribution in [0, 0.1) is 11.7 Å². The van der Waals surface area contributed by atoms with Gasteiger partial charge in [0.25, 0.3) is 5.91 Å². The third-order valence-corrected chi connectivity index (χ3v) is 5.27. The van der Waals surface area contributed by atoms with E-state index in [4.69, 9.17) is 16.2 Å². The van der Waals surface area contributed by atoms with Crippen LogP contribution in [0.1, 0.15) is 30.1 Å². The number of hydrogen-bond acceptors (Lipinski definition) is 9. The van der Waals surface area contributed by atoms with Crippen LogP contribution in [0.15, 0.2) is 30.7 Å². The topological polar surface area (TPSA) is 159 Å². The van der Waals surface area contributed by atoms with Crippen molar-refractivity contribution < 1.29 is 13.9 Å². The Morgan fingerprint density at radius 2 is 2.00 bits per heavy atom. The number of ether oxygens (including phenoxy) is 1. The highest BCUT2D eigenvalue weighted by Gasteiger charge is 2.32. The van der Waals surface area contributed by atoms with Crippen LogP contribution < -0.4 is 26.8 Å². The molecule has 0 spiro atoms. The van der Waals surface area contributed by atoms with Crippen molar-refractivity contribution >= 4 is 23.2 Å². The lowest BCUT2D eigenvalue weighted by Crippen LogP contribution is -2.40. The highest BCUT2D eigenvalue weighted by Crippen LogP contribution is 2.34. The number of carbonyl (C=O) groups excluding carboxylic acids is 1. The van der Waals surface area contributed by atoms with Crippen LogP contribution in [0.2, 0.25) is 0 Å². The first-order chi connectivity index (χ1) is 15.4. The molecule has 11 nitrogen and oxygen atoms in total. The summed E-state index contributed by atoms with van der Waals surface area (Å²) in [6, 6.07) is 2.36. The Hall–Kier alpha value is -3.80. The van der Waals surface area contributed by atoms with Crippen molar-refractivity contribution in [3.63, 3.8) is 0 Å².